The Balaban J connectivity index is 2.47. The first-order chi connectivity index (χ1) is 7.63. The molecule has 0 fully saturated rings. The summed E-state index contributed by atoms with van der Waals surface area (Å²) in [5.41, 5.74) is 6.94. The first-order valence-corrected chi connectivity index (χ1v) is 5.45. The van der Waals surface area contributed by atoms with Crippen LogP contribution >= 0.6 is 11.6 Å². The van der Waals surface area contributed by atoms with Crippen LogP contribution in [0.3, 0.4) is 0 Å². The van der Waals surface area contributed by atoms with Gasteiger partial charge < -0.3 is 11.1 Å². The molecule has 4 heteroatoms. The summed E-state index contributed by atoms with van der Waals surface area (Å²) >= 11 is 5.79. The van der Waals surface area contributed by atoms with Gasteiger partial charge in [0.25, 0.3) is 5.91 Å². The molecule has 0 radical (unpaired) electrons. The van der Waals surface area contributed by atoms with Crippen LogP contribution in [0.2, 0.25) is 5.02 Å². The predicted molar refractivity (Wildman–Crippen MR) is 66.3 cm³/mol. The molecule has 3 nitrogen and oxygen atoms in total. The molecule has 0 unspecified atom stereocenters. The summed E-state index contributed by atoms with van der Waals surface area (Å²) in [5.74, 6) is -0.133. The van der Waals surface area contributed by atoms with Crippen molar-refractivity contribution in [3.63, 3.8) is 0 Å². The molecule has 1 rings (SSSR count). The van der Waals surface area contributed by atoms with E-state index < -0.39 is 0 Å². The zero-order valence-corrected chi connectivity index (χ0v) is 9.92. The molecule has 0 bridgehead atoms. The molecular weight excluding hydrogens is 224 g/mol. The number of hydrogen-bond donors (Lipinski definition) is 2. The van der Waals surface area contributed by atoms with E-state index in [1.807, 2.05) is 13.0 Å². The molecule has 0 heterocycles. The predicted octanol–water partition coefficient (Wildman–Crippen LogP) is 2.32. The van der Waals surface area contributed by atoms with Gasteiger partial charge in [0.15, 0.2) is 0 Å². The van der Waals surface area contributed by atoms with Gasteiger partial charge in [-0.15, -0.1) is 0 Å². The molecule has 3 N–H and O–H groups in total. The average Bonchev–Trinajstić information content (AvgIpc) is 2.28. The van der Waals surface area contributed by atoms with E-state index in [9.17, 15) is 4.79 Å². The lowest BCUT2D eigenvalue weighted by Crippen LogP contribution is -2.25. The Morgan fingerprint density at radius 1 is 1.56 bits per heavy atom. The molecule has 0 aromatic heterocycles. The Hall–Kier alpha value is -1.48. The highest BCUT2D eigenvalue weighted by Gasteiger charge is 2.04. The van der Waals surface area contributed by atoms with Crippen LogP contribution in [0.1, 0.15) is 23.7 Å². The minimum absolute atomic E-state index is 0.133. The van der Waals surface area contributed by atoms with Crippen molar-refractivity contribution in [1.82, 2.24) is 5.32 Å². The monoisotopic (exact) mass is 238 g/mol. The summed E-state index contributed by atoms with van der Waals surface area (Å²) in [6.45, 7) is 2.40. The molecule has 0 atom stereocenters. The van der Waals surface area contributed by atoms with Crippen LogP contribution in [0.25, 0.3) is 0 Å². The van der Waals surface area contributed by atoms with Crippen LogP contribution in [-0.4, -0.2) is 12.5 Å². The largest absolute Gasteiger partial charge is 0.402 e. The zero-order chi connectivity index (χ0) is 12.0. The maximum Gasteiger partial charge on any atom is 0.251 e. The summed E-state index contributed by atoms with van der Waals surface area (Å²) < 4.78 is 0. The summed E-state index contributed by atoms with van der Waals surface area (Å²) in [6, 6.07) is 6.84. The van der Waals surface area contributed by atoms with Crippen molar-refractivity contribution in [2.24, 2.45) is 5.73 Å². The topological polar surface area (TPSA) is 55.1 Å². The van der Waals surface area contributed by atoms with Gasteiger partial charge in [0, 0.05) is 29.2 Å². The minimum Gasteiger partial charge on any atom is -0.402 e. The fraction of sp³-hybridized carbons (Fsp3) is 0.250. The fourth-order valence-electron chi connectivity index (χ4n) is 1.20. The Morgan fingerprint density at radius 2 is 2.31 bits per heavy atom. The van der Waals surface area contributed by atoms with Gasteiger partial charge in [0.1, 0.15) is 0 Å². The number of benzene rings is 1. The number of hydrogen-bond acceptors (Lipinski definition) is 2. The van der Waals surface area contributed by atoms with Crippen molar-refractivity contribution < 1.29 is 4.79 Å². The third-order valence-corrected chi connectivity index (χ3v) is 2.39. The van der Waals surface area contributed by atoms with Crippen molar-refractivity contribution >= 4 is 17.5 Å². The second-order valence-corrected chi connectivity index (χ2v) is 3.82. The standard InChI is InChI=1S/C12H15ClN2O/c1-2-11(14)6-7-15-12(16)9-4-3-5-10(13)8-9/h2-5,8H,6-7,14H2,1H3,(H,15,16)/b11-2-. The molecular formula is C12H15ClN2O. The minimum atomic E-state index is -0.133. The van der Waals surface area contributed by atoms with Crippen molar-refractivity contribution in [2.75, 3.05) is 6.54 Å². The number of rotatable bonds is 4. The first kappa shape index (κ1) is 12.6. The number of halogens is 1. The number of carbonyl (C=O) groups excluding carboxylic acids is 1. The number of amides is 1. The average molecular weight is 239 g/mol. The molecule has 0 saturated carbocycles. The van der Waals surface area contributed by atoms with E-state index in [1.165, 1.54) is 0 Å². The number of allylic oxidation sites excluding steroid dienone is 1. The Kier molecular flexibility index (Phi) is 4.86. The van der Waals surface area contributed by atoms with Gasteiger partial charge in [-0.05, 0) is 25.1 Å². The summed E-state index contributed by atoms with van der Waals surface area (Å²) in [5, 5.41) is 3.33. The van der Waals surface area contributed by atoms with E-state index in [0.29, 0.717) is 23.6 Å². The van der Waals surface area contributed by atoms with Crippen LogP contribution < -0.4 is 11.1 Å². The van der Waals surface area contributed by atoms with Gasteiger partial charge in [0.2, 0.25) is 0 Å². The Labute approximate surface area is 100 Å². The molecule has 16 heavy (non-hydrogen) atoms. The molecule has 0 aliphatic carbocycles. The normalized spacial score (nSPS) is 11.2. The third kappa shape index (κ3) is 3.95. The lowest BCUT2D eigenvalue weighted by Gasteiger charge is -2.05. The quantitative estimate of drug-likeness (QED) is 0.846. The Morgan fingerprint density at radius 3 is 2.94 bits per heavy atom. The molecule has 1 aromatic carbocycles. The second kappa shape index (κ2) is 6.18. The summed E-state index contributed by atoms with van der Waals surface area (Å²) in [4.78, 5) is 11.6. The van der Waals surface area contributed by atoms with Gasteiger partial charge in [-0.2, -0.15) is 0 Å². The highest BCUT2D eigenvalue weighted by Crippen LogP contribution is 2.10. The van der Waals surface area contributed by atoms with Gasteiger partial charge in [-0.3, -0.25) is 4.79 Å². The Bertz CT molecular complexity index is 402. The third-order valence-electron chi connectivity index (χ3n) is 2.16. The van der Waals surface area contributed by atoms with Crippen LogP contribution in [0.5, 0.6) is 0 Å². The number of nitrogens with two attached hydrogens (primary N) is 1. The number of nitrogens with one attached hydrogen (secondary N) is 1. The molecule has 0 aliphatic rings. The maximum atomic E-state index is 11.6. The molecule has 86 valence electrons. The van der Waals surface area contributed by atoms with Crippen LogP contribution in [0, 0.1) is 0 Å². The van der Waals surface area contributed by atoms with Crippen molar-refractivity contribution in [3.8, 4) is 0 Å². The van der Waals surface area contributed by atoms with Crippen molar-refractivity contribution in [2.45, 2.75) is 13.3 Å². The van der Waals surface area contributed by atoms with Crippen LogP contribution in [0.15, 0.2) is 36.0 Å². The highest BCUT2D eigenvalue weighted by atomic mass is 35.5. The van der Waals surface area contributed by atoms with E-state index in [0.717, 1.165) is 5.70 Å². The number of carbonyl (C=O) groups is 1. The fourth-order valence-corrected chi connectivity index (χ4v) is 1.39. The van der Waals surface area contributed by atoms with E-state index in [1.54, 1.807) is 24.3 Å². The van der Waals surface area contributed by atoms with E-state index in [-0.39, 0.29) is 5.91 Å². The van der Waals surface area contributed by atoms with Crippen LogP contribution in [-0.2, 0) is 0 Å². The van der Waals surface area contributed by atoms with Gasteiger partial charge in [-0.25, -0.2) is 0 Å². The second-order valence-electron chi connectivity index (χ2n) is 3.38. The lowest BCUT2D eigenvalue weighted by atomic mass is 10.2. The van der Waals surface area contributed by atoms with Gasteiger partial charge >= 0.3 is 0 Å². The zero-order valence-electron chi connectivity index (χ0n) is 9.16. The summed E-state index contributed by atoms with van der Waals surface area (Å²) in [7, 11) is 0. The highest BCUT2D eigenvalue weighted by molar-refractivity contribution is 6.30. The van der Waals surface area contributed by atoms with Crippen molar-refractivity contribution in [1.29, 1.82) is 0 Å². The molecule has 0 aliphatic heterocycles. The van der Waals surface area contributed by atoms with E-state index >= 15 is 0 Å². The summed E-state index contributed by atoms with van der Waals surface area (Å²) in [6.07, 6.45) is 2.48. The van der Waals surface area contributed by atoms with Crippen molar-refractivity contribution in [3.05, 3.63) is 46.6 Å². The SMILES string of the molecule is C/C=C(\N)CCNC(=O)c1cccc(Cl)c1. The first-order valence-electron chi connectivity index (χ1n) is 5.08. The molecule has 1 amide bonds. The smallest absolute Gasteiger partial charge is 0.251 e. The molecule has 1 aromatic rings. The molecule has 0 spiro atoms. The maximum absolute atomic E-state index is 11.6. The van der Waals surface area contributed by atoms with Gasteiger partial charge in [-0.1, -0.05) is 23.7 Å². The molecule has 0 saturated heterocycles. The van der Waals surface area contributed by atoms with E-state index in [2.05, 4.69) is 5.32 Å². The van der Waals surface area contributed by atoms with Crippen LogP contribution in [0.4, 0.5) is 0 Å². The lowest BCUT2D eigenvalue weighted by molar-refractivity contribution is 0.0954. The van der Waals surface area contributed by atoms with E-state index in [4.69, 9.17) is 17.3 Å². The van der Waals surface area contributed by atoms with Gasteiger partial charge in [0.05, 0.1) is 0 Å².